The smallest absolute Gasteiger partial charge is 0.319 e. The maximum atomic E-state index is 12.0. The van der Waals surface area contributed by atoms with Crippen LogP contribution in [0.15, 0.2) is 17.5 Å². The second-order valence-electron chi connectivity index (χ2n) is 4.64. The summed E-state index contributed by atoms with van der Waals surface area (Å²) in [5.41, 5.74) is -1.37. The summed E-state index contributed by atoms with van der Waals surface area (Å²) in [7, 11) is 0. The van der Waals surface area contributed by atoms with Crippen LogP contribution in [0.2, 0.25) is 0 Å². The number of nitrogens with one attached hydrogen (secondary N) is 1. The second kappa shape index (κ2) is 4.49. The predicted octanol–water partition coefficient (Wildman–Crippen LogP) is 1.66. The fraction of sp³-hybridized carbons (Fsp3) is 0.500. The van der Waals surface area contributed by atoms with Gasteiger partial charge in [0, 0.05) is 17.3 Å². The van der Waals surface area contributed by atoms with Gasteiger partial charge >= 0.3 is 5.97 Å². The van der Waals surface area contributed by atoms with E-state index in [9.17, 15) is 14.7 Å². The molecule has 1 aromatic rings. The molecule has 0 spiro atoms. The minimum absolute atomic E-state index is 0.185. The molecule has 92 valence electrons. The summed E-state index contributed by atoms with van der Waals surface area (Å²) >= 11 is 1.48. The summed E-state index contributed by atoms with van der Waals surface area (Å²) < 4.78 is 0. The van der Waals surface area contributed by atoms with Gasteiger partial charge in [0.15, 0.2) is 0 Å². The third kappa shape index (κ3) is 2.66. The number of carbonyl (C=O) groups is 2. The molecular formula is C12H15NO3S. The van der Waals surface area contributed by atoms with Crippen LogP contribution in [-0.4, -0.2) is 23.0 Å². The third-order valence-corrected chi connectivity index (χ3v) is 3.87. The van der Waals surface area contributed by atoms with Gasteiger partial charge in [-0.05, 0) is 31.2 Å². The number of hydrogen-bond donors (Lipinski definition) is 2. The number of carbonyl (C=O) groups excluding carboxylic acids is 1. The van der Waals surface area contributed by atoms with Crippen molar-refractivity contribution in [3.05, 3.63) is 22.4 Å². The van der Waals surface area contributed by atoms with Gasteiger partial charge in [-0.15, -0.1) is 11.3 Å². The Balaban J connectivity index is 2.12. The van der Waals surface area contributed by atoms with Gasteiger partial charge in [0.25, 0.3) is 0 Å². The lowest BCUT2D eigenvalue weighted by Gasteiger charge is -2.23. The van der Waals surface area contributed by atoms with Gasteiger partial charge in [-0.25, -0.2) is 0 Å². The molecule has 1 aliphatic rings. The summed E-state index contributed by atoms with van der Waals surface area (Å²) in [5, 5.41) is 13.9. The van der Waals surface area contributed by atoms with Crippen molar-refractivity contribution in [1.82, 2.24) is 5.32 Å². The number of thiophene rings is 1. The molecule has 5 heteroatoms. The average molecular weight is 253 g/mol. The van der Waals surface area contributed by atoms with Crippen LogP contribution in [0, 0.1) is 5.41 Å². The molecule has 0 saturated heterocycles. The van der Waals surface area contributed by atoms with Crippen LogP contribution in [0.5, 0.6) is 0 Å². The molecule has 1 unspecified atom stereocenters. The number of carboxylic acid groups (broad SMARTS) is 1. The standard InChI is InChI=1S/C12H15NO3S/c1-12(11(15)16,7-9-3-2-6-17-9)10(14)13-8-4-5-8/h2-3,6,8H,4-5,7H2,1H3,(H,13,14)(H,15,16). The van der Waals surface area contributed by atoms with Crippen LogP contribution >= 0.6 is 11.3 Å². The zero-order valence-electron chi connectivity index (χ0n) is 9.60. The lowest BCUT2D eigenvalue weighted by atomic mass is 9.85. The molecule has 1 fully saturated rings. The molecule has 1 aromatic heterocycles. The molecule has 0 radical (unpaired) electrons. The third-order valence-electron chi connectivity index (χ3n) is 2.99. The van der Waals surface area contributed by atoms with Gasteiger partial charge in [0.1, 0.15) is 5.41 Å². The van der Waals surface area contributed by atoms with E-state index in [0.29, 0.717) is 0 Å². The molecule has 1 aliphatic carbocycles. The molecule has 0 aromatic carbocycles. The molecule has 1 amide bonds. The molecule has 1 heterocycles. The number of rotatable bonds is 5. The zero-order valence-corrected chi connectivity index (χ0v) is 10.4. The van der Waals surface area contributed by atoms with Gasteiger partial charge in [0.2, 0.25) is 5.91 Å². The monoisotopic (exact) mass is 253 g/mol. The highest BCUT2D eigenvalue weighted by molar-refractivity contribution is 7.09. The van der Waals surface area contributed by atoms with Gasteiger partial charge < -0.3 is 10.4 Å². The van der Waals surface area contributed by atoms with E-state index < -0.39 is 11.4 Å². The fourth-order valence-corrected chi connectivity index (χ4v) is 2.45. The molecule has 17 heavy (non-hydrogen) atoms. The highest BCUT2D eigenvalue weighted by Gasteiger charge is 2.43. The van der Waals surface area contributed by atoms with Crippen molar-refractivity contribution < 1.29 is 14.7 Å². The van der Waals surface area contributed by atoms with Crippen LogP contribution in [-0.2, 0) is 16.0 Å². The minimum atomic E-state index is -1.37. The minimum Gasteiger partial charge on any atom is -0.480 e. The van der Waals surface area contributed by atoms with Crippen molar-refractivity contribution in [3.8, 4) is 0 Å². The van der Waals surface area contributed by atoms with Crippen LogP contribution in [0.1, 0.15) is 24.6 Å². The Labute approximate surface area is 104 Å². The lowest BCUT2D eigenvalue weighted by Crippen LogP contribution is -2.46. The van der Waals surface area contributed by atoms with E-state index in [1.54, 1.807) is 0 Å². The number of amides is 1. The quantitative estimate of drug-likeness (QED) is 0.784. The number of carboxylic acids is 1. The fourth-order valence-electron chi connectivity index (χ4n) is 1.59. The highest BCUT2D eigenvalue weighted by Crippen LogP contribution is 2.28. The molecule has 1 atom stereocenters. The van der Waals surface area contributed by atoms with Crippen molar-refractivity contribution in [2.45, 2.75) is 32.2 Å². The van der Waals surface area contributed by atoms with Crippen molar-refractivity contribution >= 4 is 23.2 Å². The summed E-state index contributed by atoms with van der Waals surface area (Å²) in [6, 6.07) is 3.90. The van der Waals surface area contributed by atoms with Crippen molar-refractivity contribution in [1.29, 1.82) is 0 Å². The molecule has 0 aliphatic heterocycles. The largest absolute Gasteiger partial charge is 0.480 e. The molecule has 4 nitrogen and oxygen atoms in total. The first kappa shape index (κ1) is 12.1. The highest BCUT2D eigenvalue weighted by atomic mass is 32.1. The van der Waals surface area contributed by atoms with Crippen molar-refractivity contribution in [2.24, 2.45) is 5.41 Å². The van der Waals surface area contributed by atoms with Gasteiger partial charge in [-0.1, -0.05) is 6.07 Å². The van der Waals surface area contributed by atoms with Crippen molar-refractivity contribution in [3.63, 3.8) is 0 Å². The van der Waals surface area contributed by atoms with E-state index in [4.69, 9.17) is 0 Å². The number of aliphatic carboxylic acids is 1. The SMILES string of the molecule is CC(Cc1cccs1)(C(=O)O)C(=O)NC1CC1. The summed E-state index contributed by atoms with van der Waals surface area (Å²) in [5.74, 6) is -1.44. The first-order chi connectivity index (χ1) is 8.02. The summed E-state index contributed by atoms with van der Waals surface area (Å²) in [4.78, 5) is 24.2. The normalized spacial score (nSPS) is 18.4. The van der Waals surface area contributed by atoms with Crippen LogP contribution in [0.3, 0.4) is 0 Å². The van der Waals surface area contributed by atoms with Crippen LogP contribution < -0.4 is 5.32 Å². The molecule has 2 N–H and O–H groups in total. The van der Waals surface area contributed by atoms with Crippen LogP contribution in [0.25, 0.3) is 0 Å². The lowest BCUT2D eigenvalue weighted by molar-refractivity contribution is -0.154. The predicted molar refractivity (Wildman–Crippen MR) is 64.9 cm³/mol. The van der Waals surface area contributed by atoms with E-state index in [1.807, 2.05) is 17.5 Å². The topological polar surface area (TPSA) is 66.4 Å². The van der Waals surface area contributed by atoms with E-state index in [2.05, 4.69) is 5.32 Å². The molecule has 0 bridgehead atoms. The Bertz CT molecular complexity index is 425. The molecule has 2 rings (SSSR count). The van der Waals surface area contributed by atoms with Crippen molar-refractivity contribution in [2.75, 3.05) is 0 Å². The zero-order chi connectivity index (χ0) is 12.5. The van der Waals surface area contributed by atoms with Gasteiger partial charge in [-0.3, -0.25) is 9.59 Å². The number of hydrogen-bond acceptors (Lipinski definition) is 3. The van der Waals surface area contributed by atoms with E-state index >= 15 is 0 Å². The van der Waals surface area contributed by atoms with Gasteiger partial charge in [0.05, 0.1) is 0 Å². The van der Waals surface area contributed by atoms with E-state index in [1.165, 1.54) is 18.3 Å². The Morgan fingerprint density at radius 3 is 2.76 bits per heavy atom. The van der Waals surface area contributed by atoms with E-state index in [0.717, 1.165) is 17.7 Å². The Kier molecular flexibility index (Phi) is 3.19. The Morgan fingerprint density at radius 2 is 2.29 bits per heavy atom. The first-order valence-corrected chi connectivity index (χ1v) is 6.47. The Morgan fingerprint density at radius 1 is 1.59 bits per heavy atom. The summed E-state index contributed by atoms with van der Waals surface area (Å²) in [6.07, 6.45) is 2.17. The molecule has 1 saturated carbocycles. The maximum Gasteiger partial charge on any atom is 0.319 e. The molecular weight excluding hydrogens is 238 g/mol. The average Bonchev–Trinajstić information content (AvgIpc) is 2.93. The van der Waals surface area contributed by atoms with Gasteiger partial charge in [-0.2, -0.15) is 0 Å². The first-order valence-electron chi connectivity index (χ1n) is 5.59. The van der Waals surface area contributed by atoms with E-state index in [-0.39, 0.29) is 18.4 Å². The Hall–Kier alpha value is -1.36. The second-order valence-corrected chi connectivity index (χ2v) is 5.67. The maximum absolute atomic E-state index is 12.0. The van der Waals surface area contributed by atoms with Crippen LogP contribution in [0.4, 0.5) is 0 Å². The summed E-state index contributed by atoms with van der Waals surface area (Å²) in [6.45, 7) is 1.49.